The summed E-state index contributed by atoms with van der Waals surface area (Å²) in [5.41, 5.74) is 3.80. The van der Waals surface area contributed by atoms with E-state index in [9.17, 15) is 4.79 Å². The summed E-state index contributed by atoms with van der Waals surface area (Å²) in [7, 11) is 0. The summed E-state index contributed by atoms with van der Waals surface area (Å²) in [6.45, 7) is 4.05. The summed E-state index contributed by atoms with van der Waals surface area (Å²) in [5, 5.41) is 0. The minimum Gasteiger partial charge on any atom is -0.425 e. The SMILES string of the molecule is Cc1ccc(OC(=O)C(c2ccccc2)(c2ccccc2)c2ccc(C)cc2)cc1. The standard InChI is InChI=1S/C28H24O2/c1-21-13-17-25(18-14-21)28(23-9-5-3-6-10-23,24-11-7-4-8-12-24)27(29)30-26-19-15-22(2)16-20-26/h3-20H,1-2H3. The Bertz CT molecular complexity index is 1070. The van der Waals surface area contributed by atoms with E-state index in [0.29, 0.717) is 5.75 Å². The molecular weight excluding hydrogens is 368 g/mol. The number of hydrogen-bond acceptors (Lipinski definition) is 2. The van der Waals surface area contributed by atoms with Crippen LogP contribution in [-0.4, -0.2) is 5.97 Å². The molecule has 2 nitrogen and oxygen atoms in total. The summed E-state index contributed by atoms with van der Waals surface area (Å²) >= 11 is 0. The molecule has 0 aliphatic heterocycles. The number of esters is 1. The quantitative estimate of drug-likeness (QED) is 0.228. The van der Waals surface area contributed by atoms with Gasteiger partial charge in [0.25, 0.3) is 0 Å². The number of benzene rings is 4. The van der Waals surface area contributed by atoms with Gasteiger partial charge in [0.2, 0.25) is 0 Å². The van der Waals surface area contributed by atoms with Crippen molar-refractivity contribution >= 4 is 5.97 Å². The fourth-order valence-electron chi connectivity index (χ4n) is 3.82. The Morgan fingerprint density at radius 1 is 0.567 bits per heavy atom. The molecule has 0 amide bonds. The lowest BCUT2D eigenvalue weighted by atomic mass is 9.69. The van der Waals surface area contributed by atoms with Crippen molar-refractivity contribution in [3.63, 3.8) is 0 Å². The molecule has 4 rings (SSSR count). The normalized spacial score (nSPS) is 11.1. The lowest BCUT2D eigenvalue weighted by Gasteiger charge is -2.33. The molecule has 0 unspecified atom stereocenters. The first-order valence-electron chi connectivity index (χ1n) is 10.1. The molecule has 0 fully saturated rings. The molecule has 0 aliphatic rings. The van der Waals surface area contributed by atoms with Crippen molar-refractivity contribution in [2.24, 2.45) is 0 Å². The van der Waals surface area contributed by atoms with Crippen molar-refractivity contribution in [3.8, 4) is 5.75 Å². The van der Waals surface area contributed by atoms with Crippen molar-refractivity contribution in [1.82, 2.24) is 0 Å². The van der Waals surface area contributed by atoms with Crippen LogP contribution in [0.1, 0.15) is 27.8 Å². The number of aryl methyl sites for hydroxylation is 2. The fraction of sp³-hybridized carbons (Fsp3) is 0.107. The molecule has 0 saturated carbocycles. The highest BCUT2D eigenvalue weighted by atomic mass is 16.5. The van der Waals surface area contributed by atoms with E-state index in [0.717, 1.165) is 27.8 Å². The smallest absolute Gasteiger partial charge is 0.331 e. The molecular formula is C28H24O2. The molecule has 0 aliphatic carbocycles. The van der Waals surface area contributed by atoms with Gasteiger partial charge in [0.1, 0.15) is 11.2 Å². The van der Waals surface area contributed by atoms with Crippen molar-refractivity contribution in [2.75, 3.05) is 0 Å². The van der Waals surface area contributed by atoms with Gasteiger partial charge in [-0.1, -0.05) is 108 Å². The first-order valence-corrected chi connectivity index (χ1v) is 10.1. The van der Waals surface area contributed by atoms with Crippen LogP contribution in [0.4, 0.5) is 0 Å². The molecule has 2 heteroatoms. The Hall–Kier alpha value is -3.65. The summed E-state index contributed by atoms with van der Waals surface area (Å²) in [6, 6.07) is 35.4. The lowest BCUT2D eigenvalue weighted by molar-refractivity contribution is -0.138. The maximum atomic E-state index is 14.0. The summed E-state index contributed by atoms with van der Waals surface area (Å²) in [4.78, 5) is 14.0. The Kier molecular flexibility index (Phi) is 5.49. The predicted octanol–water partition coefficient (Wildman–Crippen LogP) is 6.24. The maximum Gasteiger partial charge on any atom is 0.331 e. The number of ether oxygens (including phenoxy) is 1. The number of carbonyl (C=O) groups excluding carboxylic acids is 1. The molecule has 148 valence electrons. The molecule has 0 N–H and O–H groups in total. The second kappa shape index (κ2) is 8.38. The third kappa shape index (κ3) is 3.65. The second-order valence-electron chi connectivity index (χ2n) is 7.55. The van der Waals surface area contributed by atoms with Gasteiger partial charge in [-0.05, 0) is 42.7 Å². The predicted molar refractivity (Wildman–Crippen MR) is 121 cm³/mol. The van der Waals surface area contributed by atoms with Crippen molar-refractivity contribution in [3.05, 3.63) is 137 Å². The van der Waals surface area contributed by atoms with Gasteiger partial charge in [0.15, 0.2) is 0 Å². The van der Waals surface area contributed by atoms with E-state index >= 15 is 0 Å². The monoisotopic (exact) mass is 392 g/mol. The van der Waals surface area contributed by atoms with Crippen LogP contribution in [0.2, 0.25) is 0 Å². The Morgan fingerprint density at radius 2 is 0.967 bits per heavy atom. The van der Waals surface area contributed by atoms with Crippen LogP contribution in [0.5, 0.6) is 5.75 Å². The van der Waals surface area contributed by atoms with E-state index in [-0.39, 0.29) is 5.97 Å². The van der Waals surface area contributed by atoms with E-state index in [1.165, 1.54) is 0 Å². The Balaban J connectivity index is 1.95. The number of hydrogen-bond donors (Lipinski definition) is 0. The van der Waals surface area contributed by atoms with Gasteiger partial charge in [-0.15, -0.1) is 0 Å². The largest absolute Gasteiger partial charge is 0.425 e. The zero-order valence-electron chi connectivity index (χ0n) is 17.2. The zero-order chi connectivity index (χ0) is 21.0. The van der Waals surface area contributed by atoms with E-state index < -0.39 is 5.41 Å². The van der Waals surface area contributed by atoms with Gasteiger partial charge in [-0.3, -0.25) is 0 Å². The van der Waals surface area contributed by atoms with Crippen LogP contribution in [-0.2, 0) is 10.2 Å². The molecule has 0 saturated heterocycles. The number of carbonyl (C=O) groups is 1. The van der Waals surface area contributed by atoms with Crippen LogP contribution in [0.25, 0.3) is 0 Å². The van der Waals surface area contributed by atoms with Gasteiger partial charge >= 0.3 is 5.97 Å². The van der Waals surface area contributed by atoms with Crippen LogP contribution < -0.4 is 4.74 Å². The summed E-state index contributed by atoms with van der Waals surface area (Å²) in [5.74, 6) is 0.210. The highest BCUT2D eigenvalue weighted by molar-refractivity contribution is 5.93. The Labute approximate surface area is 177 Å². The average Bonchev–Trinajstić information content (AvgIpc) is 2.79. The molecule has 0 radical (unpaired) electrons. The molecule has 0 spiro atoms. The first kappa shape index (κ1) is 19.7. The van der Waals surface area contributed by atoms with Gasteiger partial charge in [0.05, 0.1) is 0 Å². The van der Waals surface area contributed by atoms with E-state index in [1.807, 2.05) is 123 Å². The summed E-state index contributed by atoms with van der Waals surface area (Å²) in [6.07, 6.45) is 0. The van der Waals surface area contributed by atoms with E-state index in [1.54, 1.807) is 0 Å². The van der Waals surface area contributed by atoms with E-state index in [2.05, 4.69) is 0 Å². The van der Waals surface area contributed by atoms with Gasteiger partial charge in [0, 0.05) is 0 Å². The highest BCUT2D eigenvalue weighted by Gasteiger charge is 2.45. The minimum absolute atomic E-state index is 0.326. The van der Waals surface area contributed by atoms with Crippen LogP contribution in [0, 0.1) is 13.8 Å². The molecule has 0 aromatic heterocycles. The third-order valence-electron chi connectivity index (χ3n) is 5.44. The first-order chi connectivity index (χ1) is 14.6. The lowest BCUT2D eigenvalue weighted by Crippen LogP contribution is -2.41. The van der Waals surface area contributed by atoms with Crippen molar-refractivity contribution in [1.29, 1.82) is 0 Å². The maximum absolute atomic E-state index is 14.0. The van der Waals surface area contributed by atoms with Gasteiger partial charge < -0.3 is 4.74 Å². The summed E-state index contributed by atoms with van der Waals surface area (Å²) < 4.78 is 5.99. The van der Waals surface area contributed by atoms with Crippen LogP contribution in [0.3, 0.4) is 0 Å². The topological polar surface area (TPSA) is 26.3 Å². The fourth-order valence-corrected chi connectivity index (χ4v) is 3.82. The average molecular weight is 392 g/mol. The van der Waals surface area contributed by atoms with Crippen LogP contribution >= 0.6 is 0 Å². The molecule has 30 heavy (non-hydrogen) atoms. The van der Waals surface area contributed by atoms with Gasteiger partial charge in [-0.25, -0.2) is 4.79 Å². The molecule has 0 atom stereocenters. The highest BCUT2D eigenvalue weighted by Crippen LogP contribution is 2.40. The zero-order valence-corrected chi connectivity index (χ0v) is 17.2. The number of rotatable bonds is 5. The van der Waals surface area contributed by atoms with E-state index in [4.69, 9.17) is 4.74 Å². The molecule has 4 aromatic rings. The van der Waals surface area contributed by atoms with Crippen molar-refractivity contribution < 1.29 is 9.53 Å². The molecule has 4 aromatic carbocycles. The molecule has 0 heterocycles. The van der Waals surface area contributed by atoms with Crippen molar-refractivity contribution in [2.45, 2.75) is 19.3 Å². The minimum atomic E-state index is -1.08. The van der Waals surface area contributed by atoms with Crippen LogP contribution in [0.15, 0.2) is 109 Å². The Morgan fingerprint density at radius 3 is 1.43 bits per heavy atom. The molecule has 0 bridgehead atoms. The second-order valence-corrected chi connectivity index (χ2v) is 7.55. The van der Waals surface area contributed by atoms with Gasteiger partial charge in [-0.2, -0.15) is 0 Å². The third-order valence-corrected chi connectivity index (χ3v) is 5.44.